The van der Waals surface area contributed by atoms with Crippen molar-refractivity contribution in [3.63, 3.8) is 0 Å². The van der Waals surface area contributed by atoms with Crippen molar-refractivity contribution in [2.45, 2.75) is 178 Å². The Labute approximate surface area is 383 Å². The average molecular weight is 1150 g/mol. The summed E-state index contributed by atoms with van der Waals surface area (Å²) in [6.45, 7) is -13.3. The summed E-state index contributed by atoms with van der Waals surface area (Å²) in [6, 6.07) is 0. The van der Waals surface area contributed by atoms with E-state index in [-0.39, 0.29) is 66.3 Å². The highest BCUT2D eigenvalue weighted by Gasteiger charge is 2.79. The molecule has 0 aliphatic rings. The maximum Gasteiger partial charge on any atom is 0.450 e. The largest absolute Gasteiger partial charge is 0.450 e. The molecule has 0 aromatic carbocycles. The van der Waals surface area contributed by atoms with E-state index in [1.807, 2.05) is 0 Å². The minimum atomic E-state index is -6.47. The molecule has 0 amide bonds. The van der Waals surface area contributed by atoms with Crippen LogP contribution >= 0.6 is 0 Å². The van der Waals surface area contributed by atoms with E-state index in [1.54, 1.807) is 0 Å². The molecule has 38 heteroatoms. The summed E-state index contributed by atoms with van der Waals surface area (Å²) in [5.74, 6) is -62.2. The number of ether oxygens (including phenoxy) is 4. The van der Waals surface area contributed by atoms with Gasteiger partial charge in [-0.25, -0.2) is 26.3 Å². The van der Waals surface area contributed by atoms with Gasteiger partial charge < -0.3 is 18.9 Å². The van der Waals surface area contributed by atoms with Crippen LogP contribution in [0, 0.1) is 0 Å². The molecule has 0 heterocycles. The molecule has 69 heavy (non-hydrogen) atoms. The van der Waals surface area contributed by atoms with Crippen molar-refractivity contribution in [3.05, 3.63) is 0 Å². The summed E-state index contributed by atoms with van der Waals surface area (Å²) < 4.78 is 398. The molecule has 4 unspecified atom stereocenters. The van der Waals surface area contributed by atoms with Crippen molar-refractivity contribution in [2.75, 3.05) is 26.4 Å². The second kappa shape index (κ2) is 31.7. The van der Waals surface area contributed by atoms with Crippen molar-refractivity contribution in [3.8, 4) is 0 Å². The Kier molecular flexibility index (Phi) is 44.0. The quantitative estimate of drug-likeness (QED) is 0.122. The monoisotopic (exact) mass is 1150 g/mol. The molecule has 0 bridgehead atoms. The zero-order chi connectivity index (χ0) is 50.9. The Balaban J connectivity index is -0.0000000737. The van der Waals surface area contributed by atoms with Crippen LogP contribution < -0.4 is 0 Å². The van der Waals surface area contributed by atoms with E-state index in [0.717, 1.165) is 0 Å². The van der Waals surface area contributed by atoms with Crippen molar-refractivity contribution in [1.29, 1.82) is 0 Å². The van der Waals surface area contributed by atoms with Gasteiger partial charge >= 0.3 is 80.8 Å². The predicted octanol–water partition coefficient (Wildman–Crippen LogP) is 13.7. The smallest absolute Gasteiger partial charge is 0.335 e. The standard InChI is InChI=1S/C12H13F13O2.C11H11F13O2.8CH4.2O3S/c1-6(13,14)4-27-9(18,12(23,24)25)5-26-8(3,17)11(21,22)10(19,20)7(2,15)16;1-6(14,15)9(18,19)10(20,21)7(2,16)26-4-8(17,11(22,23)24)25-3-5(12)13;;;;;;;;;2*1-4(2)3/h4-5H2,1-3H3;5H,3-4H2,1-2H3;8*1H4;;. The first-order chi connectivity index (χ1) is 26.0. The second-order valence-corrected chi connectivity index (χ2v) is 12.2. The van der Waals surface area contributed by atoms with Crippen LogP contribution in [0.4, 0.5) is 114 Å². The first-order valence-corrected chi connectivity index (χ1v) is 15.9. The fraction of sp³-hybridized carbons (Fsp3) is 1.00. The second-order valence-electron chi connectivity index (χ2n) is 11.4. The summed E-state index contributed by atoms with van der Waals surface area (Å²) in [7, 11) is -6.22. The van der Waals surface area contributed by atoms with E-state index in [2.05, 4.69) is 18.9 Å². The highest BCUT2D eigenvalue weighted by molar-refractivity contribution is 7.59. The number of alkyl halides is 26. The molecule has 10 nitrogen and oxygen atoms in total. The minimum absolute atomic E-state index is 0. The van der Waals surface area contributed by atoms with Crippen molar-refractivity contribution >= 4 is 21.2 Å². The van der Waals surface area contributed by atoms with Crippen LogP contribution in [0.15, 0.2) is 0 Å². The van der Waals surface area contributed by atoms with E-state index < -0.39 is 159 Å². The highest BCUT2D eigenvalue weighted by Crippen LogP contribution is 2.54. The lowest BCUT2D eigenvalue weighted by Gasteiger charge is -2.39. The van der Waals surface area contributed by atoms with Crippen molar-refractivity contribution in [2.24, 2.45) is 0 Å². The topological polar surface area (TPSA) is 139 Å². The molecule has 0 saturated heterocycles. The lowest BCUT2D eigenvalue weighted by Crippen LogP contribution is -2.63. The average Bonchev–Trinajstić information content (AvgIpc) is 2.97. The first kappa shape index (κ1) is 95.8. The third-order valence-corrected chi connectivity index (χ3v) is 5.91. The van der Waals surface area contributed by atoms with Gasteiger partial charge in [0.15, 0.2) is 0 Å². The fourth-order valence-electron chi connectivity index (χ4n) is 2.60. The number of hydrogen-bond acceptors (Lipinski definition) is 10. The molecular formula is C31H56F26O10S2. The Hall–Kier alpha value is -2.74. The molecule has 434 valence electrons. The highest BCUT2D eigenvalue weighted by atomic mass is 32.2. The molecule has 0 rings (SSSR count). The number of rotatable bonds is 18. The predicted molar refractivity (Wildman–Crippen MR) is 194 cm³/mol. The Morgan fingerprint density at radius 3 is 0.710 bits per heavy atom. The lowest BCUT2D eigenvalue weighted by molar-refractivity contribution is -0.408. The zero-order valence-corrected chi connectivity index (χ0v) is 31.3. The van der Waals surface area contributed by atoms with E-state index >= 15 is 0 Å². The number of halogens is 26. The molecule has 0 aromatic heterocycles. The molecule has 4 atom stereocenters. The molecule has 0 spiro atoms. The summed E-state index contributed by atoms with van der Waals surface area (Å²) in [4.78, 5) is 0. The van der Waals surface area contributed by atoms with E-state index in [9.17, 15) is 114 Å². The van der Waals surface area contributed by atoms with Gasteiger partial charge in [-0.1, -0.05) is 59.4 Å². The zero-order valence-electron chi connectivity index (χ0n) is 29.6. The van der Waals surface area contributed by atoms with Crippen LogP contribution in [-0.4, -0.2) is 135 Å². The van der Waals surface area contributed by atoms with Crippen molar-refractivity contribution in [1.82, 2.24) is 0 Å². The van der Waals surface area contributed by atoms with Gasteiger partial charge in [0.2, 0.25) is 0 Å². The van der Waals surface area contributed by atoms with Gasteiger partial charge in [-0.2, -0.15) is 87.8 Å². The maximum atomic E-state index is 13.8. The Morgan fingerprint density at radius 1 is 0.348 bits per heavy atom. The lowest BCUT2D eigenvalue weighted by atomic mass is 9.99. The molecule has 0 N–H and O–H groups in total. The maximum absolute atomic E-state index is 13.8. The Bertz CT molecular complexity index is 1550. The van der Waals surface area contributed by atoms with Gasteiger partial charge in [0.1, 0.15) is 26.4 Å². The van der Waals surface area contributed by atoms with Gasteiger partial charge in [-0.05, 0) is 0 Å². The van der Waals surface area contributed by atoms with Crippen LogP contribution in [-0.2, 0) is 40.2 Å². The molecule has 0 fully saturated rings. The van der Waals surface area contributed by atoms with Gasteiger partial charge in [-0.3, -0.25) is 0 Å². The fourth-order valence-corrected chi connectivity index (χ4v) is 2.60. The van der Waals surface area contributed by atoms with Gasteiger partial charge in [0, 0.05) is 34.6 Å². The normalized spacial score (nSPS) is 15.7. The van der Waals surface area contributed by atoms with Gasteiger partial charge in [0.05, 0.1) is 0 Å². The molecule has 0 aromatic rings. The van der Waals surface area contributed by atoms with Crippen LogP contribution in [0.5, 0.6) is 0 Å². The Morgan fingerprint density at radius 2 is 0.551 bits per heavy atom. The first-order valence-electron chi connectivity index (χ1n) is 13.9. The summed E-state index contributed by atoms with van der Waals surface area (Å²) in [6.07, 6.45) is -16.2. The molecule has 0 aliphatic heterocycles. The number of hydrogen-bond donors (Lipinski definition) is 0. The molecule has 0 aliphatic carbocycles. The molecule has 0 radical (unpaired) electrons. The summed E-state index contributed by atoms with van der Waals surface area (Å²) >= 11 is 0. The third-order valence-electron chi connectivity index (χ3n) is 5.91. The SMILES string of the molecule is C.C.C.C.C.C.C.C.CC(F)(F)C(F)(F)C(F)(F)C(C)(F)OCC(F)(OCC(F)F)C(F)(F)F.CC(F)(F)COC(F)(COC(C)(F)C(F)(F)C(F)(F)C(C)(F)F)C(F)(F)F.O=S(=O)=O.O=S(=O)=O. The van der Waals surface area contributed by atoms with E-state index in [4.69, 9.17) is 25.3 Å². The third kappa shape index (κ3) is 28.2. The van der Waals surface area contributed by atoms with Crippen LogP contribution in [0.25, 0.3) is 0 Å². The summed E-state index contributed by atoms with van der Waals surface area (Å²) in [5, 5.41) is 0. The molecular weight excluding hydrogens is 1090 g/mol. The van der Waals surface area contributed by atoms with E-state index in [0.29, 0.717) is 0 Å². The van der Waals surface area contributed by atoms with Crippen LogP contribution in [0.2, 0.25) is 0 Å². The van der Waals surface area contributed by atoms with Gasteiger partial charge in [-0.15, -0.1) is 25.3 Å². The summed E-state index contributed by atoms with van der Waals surface area (Å²) in [5.41, 5.74) is 0. The minimum Gasteiger partial charge on any atom is -0.335 e. The van der Waals surface area contributed by atoms with Crippen LogP contribution in [0.1, 0.15) is 94.0 Å². The molecule has 0 saturated carbocycles. The van der Waals surface area contributed by atoms with E-state index in [1.165, 1.54) is 0 Å². The van der Waals surface area contributed by atoms with Gasteiger partial charge in [0.25, 0.3) is 24.1 Å². The van der Waals surface area contributed by atoms with Crippen LogP contribution in [0.3, 0.4) is 0 Å². The van der Waals surface area contributed by atoms with Crippen molar-refractivity contribution < 1.29 is 158 Å².